The van der Waals surface area contributed by atoms with E-state index in [1.807, 2.05) is 48.5 Å². The van der Waals surface area contributed by atoms with Gasteiger partial charge in [-0.2, -0.15) is 8.78 Å². The van der Waals surface area contributed by atoms with E-state index in [4.69, 9.17) is 0 Å². The fourth-order valence-corrected chi connectivity index (χ4v) is 4.19. The zero-order chi connectivity index (χ0) is 20.1. The fraction of sp³-hybridized carbons (Fsp3) is 0.136. The zero-order valence-electron chi connectivity index (χ0n) is 14.7. The first-order valence-corrected chi connectivity index (χ1v) is 10.2. The molecule has 0 bridgehead atoms. The molecule has 1 atom stereocenters. The monoisotopic (exact) mass is 460 g/mol. The third-order valence-corrected chi connectivity index (χ3v) is 5.62. The van der Waals surface area contributed by atoms with Crippen LogP contribution in [0.15, 0.2) is 83.3 Å². The number of halogens is 3. The Bertz CT molecular complexity index is 978. The van der Waals surface area contributed by atoms with Gasteiger partial charge in [-0.15, -0.1) is 0 Å². The maximum Gasteiger partial charge on any atom is 0.351 e. The summed E-state index contributed by atoms with van der Waals surface area (Å²) in [6.45, 7) is 0. The molecule has 1 unspecified atom stereocenters. The van der Waals surface area contributed by atoms with Crippen LogP contribution in [0.25, 0.3) is 0 Å². The molecule has 0 aliphatic heterocycles. The van der Waals surface area contributed by atoms with Crippen LogP contribution >= 0.6 is 24.4 Å². The summed E-state index contributed by atoms with van der Waals surface area (Å²) in [6.07, 6.45) is 0.358. The lowest BCUT2D eigenvalue weighted by molar-refractivity contribution is 0.0951. The van der Waals surface area contributed by atoms with Crippen LogP contribution in [0.4, 0.5) is 8.78 Å². The minimum absolute atomic E-state index is 0.0320. The van der Waals surface area contributed by atoms with Crippen molar-refractivity contribution in [2.45, 2.75) is 18.0 Å². The van der Waals surface area contributed by atoms with E-state index in [-0.39, 0.29) is 15.8 Å². The van der Waals surface area contributed by atoms with E-state index in [1.165, 1.54) is 6.07 Å². The summed E-state index contributed by atoms with van der Waals surface area (Å²) in [6, 6.07) is 22.8. The first-order chi connectivity index (χ1) is 13.4. The van der Waals surface area contributed by atoms with Gasteiger partial charge in [0.1, 0.15) is 0 Å². The van der Waals surface area contributed by atoms with Crippen molar-refractivity contribution in [1.82, 2.24) is 0 Å². The number of hydrogen-bond donors (Lipinski definition) is 0. The summed E-state index contributed by atoms with van der Waals surface area (Å²) in [5, 5.41) is 0. The van der Waals surface area contributed by atoms with Gasteiger partial charge in [0, 0.05) is 15.6 Å². The van der Waals surface area contributed by atoms with Crippen molar-refractivity contribution in [1.29, 1.82) is 0 Å². The first kappa shape index (κ1) is 20.5. The van der Waals surface area contributed by atoms with Gasteiger partial charge in [-0.3, -0.25) is 9.36 Å². The molecule has 0 heterocycles. The van der Waals surface area contributed by atoms with Gasteiger partial charge < -0.3 is 0 Å². The summed E-state index contributed by atoms with van der Waals surface area (Å²) in [5.41, 5.74) is -1.62. The molecule has 142 valence electrons. The van der Waals surface area contributed by atoms with Gasteiger partial charge in [-0.05, 0) is 23.6 Å². The fourth-order valence-electron chi connectivity index (χ4n) is 3.07. The Kier molecular flexibility index (Phi) is 6.48. The number of alkyl halides is 2. The summed E-state index contributed by atoms with van der Waals surface area (Å²) < 4.78 is 38.4. The lowest BCUT2D eigenvalue weighted by Gasteiger charge is -2.18. The molecule has 3 rings (SSSR count). The Morgan fingerprint density at radius 3 is 2.14 bits per heavy atom. The summed E-state index contributed by atoms with van der Waals surface area (Å²) in [4.78, 5) is 13.1. The van der Waals surface area contributed by atoms with Crippen molar-refractivity contribution < 1.29 is 18.1 Å². The number of carbonyl (C=O) groups excluding carboxylic acids is 1. The van der Waals surface area contributed by atoms with Crippen LogP contribution in [-0.4, -0.2) is 5.78 Å². The number of benzene rings is 3. The molecular weight excluding hydrogens is 445 g/mol. The molecule has 0 aliphatic carbocycles. The van der Waals surface area contributed by atoms with E-state index < -0.39 is 20.0 Å². The SMILES string of the molecule is O=PC(F)(F)c1ccc(CC(C(=O)c2ccccc2)c2ccccc2)cc1Br. The minimum Gasteiger partial charge on any atom is -0.293 e. The number of carbonyl (C=O) groups is 1. The Hall–Kier alpha value is -2.23. The lowest BCUT2D eigenvalue weighted by Crippen LogP contribution is -2.16. The van der Waals surface area contributed by atoms with Crippen molar-refractivity contribution in [3.63, 3.8) is 0 Å². The van der Waals surface area contributed by atoms with Gasteiger partial charge >= 0.3 is 5.66 Å². The molecular formula is C22H16BrF2O2P. The molecule has 0 amide bonds. The highest BCUT2D eigenvalue weighted by atomic mass is 79.9. The first-order valence-electron chi connectivity index (χ1n) is 8.58. The minimum atomic E-state index is -3.46. The molecule has 2 nitrogen and oxygen atoms in total. The maximum atomic E-state index is 13.7. The molecule has 0 spiro atoms. The molecule has 3 aromatic carbocycles. The highest BCUT2D eigenvalue weighted by molar-refractivity contribution is 9.10. The van der Waals surface area contributed by atoms with Crippen LogP contribution in [-0.2, 0) is 16.6 Å². The van der Waals surface area contributed by atoms with E-state index in [2.05, 4.69) is 15.9 Å². The highest BCUT2D eigenvalue weighted by Gasteiger charge is 2.34. The normalized spacial score (nSPS) is 12.7. The standard InChI is InChI=1S/C22H16BrF2O2P/c23-20-14-15(11-12-19(20)22(24,25)28-27)13-18(16-7-3-1-4-8-16)21(26)17-9-5-2-6-10-17/h1-12,14,18H,13H2. The third-order valence-electron chi connectivity index (χ3n) is 4.49. The lowest BCUT2D eigenvalue weighted by atomic mass is 9.85. The molecule has 0 N–H and O–H groups in total. The summed E-state index contributed by atoms with van der Waals surface area (Å²) >= 11 is 3.14. The molecule has 0 saturated carbocycles. The number of rotatable bonds is 7. The van der Waals surface area contributed by atoms with E-state index in [9.17, 15) is 18.1 Å². The Labute approximate surface area is 171 Å². The van der Waals surface area contributed by atoms with Gasteiger partial charge in [-0.25, -0.2) is 0 Å². The van der Waals surface area contributed by atoms with Crippen LogP contribution in [0.3, 0.4) is 0 Å². The zero-order valence-corrected chi connectivity index (χ0v) is 17.2. The van der Waals surface area contributed by atoms with Gasteiger partial charge in [0.05, 0.1) is 5.92 Å². The van der Waals surface area contributed by atoms with Crippen LogP contribution in [0.1, 0.15) is 33.0 Å². The van der Waals surface area contributed by atoms with E-state index in [1.54, 1.807) is 24.3 Å². The Morgan fingerprint density at radius 1 is 0.964 bits per heavy atom. The topological polar surface area (TPSA) is 34.1 Å². The van der Waals surface area contributed by atoms with Gasteiger partial charge in [-0.1, -0.05) is 88.7 Å². The second-order valence-corrected chi connectivity index (χ2v) is 7.94. The van der Waals surface area contributed by atoms with Crippen LogP contribution in [0, 0.1) is 0 Å². The predicted octanol–water partition coefficient (Wildman–Crippen LogP) is 7.00. The molecule has 0 radical (unpaired) electrons. The molecule has 6 heteroatoms. The average molecular weight is 461 g/mol. The smallest absolute Gasteiger partial charge is 0.293 e. The van der Waals surface area contributed by atoms with Gasteiger partial charge in [0.25, 0.3) is 0 Å². The van der Waals surface area contributed by atoms with Gasteiger partial charge in [0.2, 0.25) is 8.46 Å². The van der Waals surface area contributed by atoms with Crippen molar-refractivity contribution in [2.24, 2.45) is 0 Å². The molecule has 28 heavy (non-hydrogen) atoms. The number of ketones is 1. The largest absolute Gasteiger partial charge is 0.351 e. The number of Topliss-reactive ketones (excluding diaryl/α,β-unsaturated/α-hetero) is 1. The predicted molar refractivity (Wildman–Crippen MR) is 109 cm³/mol. The van der Waals surface area contributed by atoms with Crippen molar-refractivity contribution in [3.8, 4) is 0 Å². The molecule has 0 fully saturated rings. The Balaban J connectivity index is 1.96. The van der Waals surface area contributed by atoms with Crippen molar-refractivity contribution >= 4 is 30.2 Å². The molecule has 0 aliphatic rings. The summed E-state index contributed by atoms with van der Waals surface area (Å²) in [7, 11) is -1.26. The number of hydrogen-bond acceptors (Lipinski definition) is 2. The third kappa shape index (κ3) is 4.60. The quantitative estimate of drug-likeness (QED) is 0.281. The molecule has 0 aromatic heterocycles. The second kappa shape index (κ2) is 8.85. The molecule has 0 saturated heterocycles. The van der Waals surface area contributed by atoms with Crippen LogP contribution < -0.4 is 0 Å². The summed E-state index contributed by atoms with van der Waals surface area (Å²) in [5.74, 6) is -0.477. The van der Waals surface area contributed by atoms with Crippen LogP contribution in [0.5, 0.6) is 0 Å². The average Bonchev–Trinajstić information content (AvgIpc) is 2.72. The Morgan fingerprint density at radius 2 is 1.57 bits per heavy atom. The van der Waals surface area contributed by atoms with Crippen molar-refractivity contribution in [3.05, 3.63) is 106 Å². The second-order valence-electron chi connectivity index (χ2n) is 6.34. The van der Waals surface area contributed by atoms with Gasteiger partial charge in [0.15, 0.2) is 5.78 Å². The molecule has 3 aromatic rings. The maximum absolute atomic E-state index is 13.7. The highest BCUT2D eigenvalue weighted by Crippen LogP contribution is 2.42. The van der Waals surface area contributed by atoms with Crippen molar-refractivity contribution in [2.75, 3.05) is 0 Å². The van der Waals surface area contributed by atoms with E-state index in [0.29, 0.717) is 12.0 Å². The van der Waals surface area contributed by atoms with E-state index >= 15 is 0 Å². The van der Waals surface area contributed by atoms with Crippen LogP contribution in [0.2, 0.25) is 0 Å². The van der Waals surface area contributed by atoms with E-state index in [0.717, 1.165) is 11.1 Å².